The Morgan fingerprint density at radius 2 is 2.06 bits per heavy atom. The van der Waals surface area contributed by atoms with Crippen molar-refractivity contribution in [3.05, 3.63) is 11.3 Å². The van der Waals surface area contributed by atoms with Gasteiger partial charge in [-0.05, 0) is 12.8 Å². The smallest absolute Gasteiger partial charge is 0.257 e. The van der Waals surface area contributed by atoms with Crippen molar-refractivity contribution in [2.24, 2.45) is 11.0 Å². The van der Waals surface area contributed by atoms with E-state index < -0.39 is 0 Å². The third-order valence-corrected chi connectivity index (χ3v) is 2.44. The number of aliphatic hydroxyl groups excluding tert-OH is 1. The standard InChI is InChI=1S/C11H19N3O2/c1-6(2)9-10(15)8(11(16)12-9)7(3)13-14(4)5/h6,9,15H,1-5H3,(H,12,16)/b13-7+. The number of amides is 1. The number of hydrazone groups is 1. The molecule has 0 fully saturated rings. The van der Waals surface area contributed by atoms with Crippen molar-refractivity contribution in [1.82, 2.24) is 10.3 Å². The Bertz CT molecular complexity index is 356. The molecule has 0 aromatic heterocycles. The van der Waals surface area contributed by atoms with Crippen LogP contribution in [0.25, 0.3) is 0 Å². The van der Waals surface area contributed by atoms with Gasteiger partial charge in [-0.3, -0.25) is 4.79 Å². The summed E-state index contributed by atoms with van der Waals surface area (Å²) >= 11 is 0. The molecule has 16 heavy (non-hydrogen) atoms. The number of rotatable bonds is 3. The highest BCUT2D eigenvalue weighted by Gasteiger charge is 2.34. The minimum atomic E-state index is -0.296. The van der Waals surface area contributed by atoms with Crippen LogP contribution in [-0.2, 0) is 4.79 Å². The summed E-state index contributed by atoms with van der Waals surface area (Å²) in [6.07, 6.45) is 0. The minimum Gasteiger partial charge on any atom is -0.509 e. The zero-order valence-electron chi connectivity index (χ0n) is 10.4. The van der Waals surface area contributed by atoms with Crippen molar-refractivity contribution in [3.8, 4) is 0 Å². The summed E-state index contributed by atoms with van der Waals surface area (Å²) in [7, 11) is 3.54. The van der Waals surface area contributed by atoms with Gasteiger partial charge in [-0.2, -0.15) is 5.10 Å². The number of aliphatic hydroxyl groups is 1. The van der Waals surface area contributed by atoms with Gasteiger partial charge in [0.2, 0.25) is 0 Å². The van der Waals surface area contributed by atoms with Gasteiger partial charge < -0.3 is 15.4 Å². The van der Waals surface area contributed by atoms with Crippen LogP contribution in [0, 0.1) is 5.92 Å². The van der Waals surface area contributed by atoms with Crippen molar-refractivity contribution in [2.75, 3.05) is 14.1 Å². The maximum absolute atomic E-state index is 11.7. The second-order valence-corrected chi connectivity index (χ2v) is 4.49. The molecule has 90 valence electrons. The second-order valence-electron chi connectivity index (χ2n) is 4.49. The van der Waals surface area contributed by atoms with Crippen LogP contribution in [0.2, 0.25) is 0 Å². The quantitative estimate of drug-likeness (QED) is 0.554. The van der Waals surface area contributed by atoms with E-state index in [0.717, 1.165) is 0 Å². The SMILES string of the molecule is C/C(=N\N(C)C)C1=C(O)C(C(C)C)NC1=O. The molecule has 0 aliphatic carbocycles. The molecular formula is C11H19N3O2. The number of hydrogen-bond donors (Lipinski definition) is 2. The van der Waals surface area contributed by atoms with Gasteiger partial charge in [-0.15, -0.1) is 0 Å². The van der Waals surface area contributed by atoms with Gasteiger partial charge in [0, 0.05) is 14.1 Å². The van der Waals surface area contributed by atoms with E-state index >= 15 is 0 Å². The molecule has 1 heterocycles. The Morgan fingerprint density at radius 1 is 1.50 bits per heavy atom. The van der Waals surface area contributed by atoms with E-state index in [1.165, 1.54) is 0 Å². The van der Waals surface area contributed by atoms with Gasteiger partial charge in [0.25, 0.3) is 5.91 Å². The molecule has 0 radical (unpaired) electrons. The lowest BCUT2D eigenvalue weighted by Crippen LogP contribution is -2.33. The molecule has 1 amide bonds. The molecule has 1 atom stereocenters. The largest absolute Gasteiger partial charge is 0.509 e. The molecule has 0 spiro atoms. The molecule has 0 saturated carbocycles. The van der Waals surface area contributed by atoms with Crippen LogP contribution in [0.5, 0.6) is 0 Å². The predicted molar refractivity (Wildman–Crippen MR) is 63.2 cm³/mol. The van der Waals surface area contributed by atoms with E-state index in [0.29, 0.717) is 11.3 Å². The van der Waals surface area contributed by atoms with Gasteiger partial charge in [0.15, 0.2) is 0 Å². The van der Waals surface area contributed by atoms with E-state index in [-0.39, 0.29) is 23.6 Å². The first kappa shape index (κ1) is 12.5. The summed E-state index contributed by atoms with van der Waals surface area (Å²) in [6.45, 7) is 5.61. The van der Waals surface area contributed by atoms with E-state index in [4.69, 9.17) is 0 Å². The van der Waals surface area contributed by atoms with E-state index in [9.17, 15) is 9.90 Å². The molecule has 1 unspecified atom stereocenters. The maximum atomic E-state index is 11.7. The van der Waals surface area contributed by atoms with E-state index in [1.54, 1.807) is 26.0 Å². The molecule has 5 heteroatoms. The third-order valence-electron chi connectivity index (χ3n) is 2.44. The molecule has 0 aromatic rings. The van der Waals surface area contributed by atoms with Gasteiger partial charge in [-0.25, -0.2) is 0 Å². The molecule has 5 nitrogen and oxygen atoms in total. The molecule has 0 bridgehead atoms. The van der Waals surface area contributed by atoms with Crippen molar-refractivity contribution in [3.63, 3.8) is 0 Å². The van der Waals surface area contributed by atoms with Gasteiger partial charge in [0.05, 0.1) is 11.8 Å². The fraction of sp³-hybridized carbons (Fsp3) is 0.636. The van der Waals surface area contributed by atoms with Crippen LogP contribution in [0.1, 0.15) is 20.8 Å². The molecular weight excluding hydrogens is 206 g/mol. The second kappa shape index (κ2) is 4.55. The van der Waals surface area contributed by atoms with Gasteiger partial charge >= 0.3 is 0 Å². The topological polar surface area (TPSA) is 64.9 Å². The first-order chi connectivity index (χ1) is 7.34. The maximum Gasteiger partial charge on any atom is 0.257 e. The summed E-state index contributed by atoms with van der Waals surface area (Å²) in [5.74, 6) is 0.0102. The van der Waals surface area contributed by atoms with Crippen LogP contribution < -0.4 is 5.32 Å². The van der Waals surface area contributed by atoms with Crippen LogP contribution in [0.15, 0.2) is 16.4 Å². The summed E-state index contributed by atoms with van der Waals surface area (Å²) in [6, 6.07) is -0.296. The Hall–Kier alpha value is -1.52. The average Bonchev–Trinajstić information content (AvgIpc) is 2.40. The number of carbonyl (C=O) groups is 1. The predicted octanol–water partition coefficient (Wildman–Crippen LogP) is 0.890. The lowest BCUT2D eigenvalue weighted by Gasteiger charge is -2.14. The summed E-state index contributed by atoms with van der Waals surface area (Å²) in [5.41, 5.74) is 0.829. The van der Waals surface area contributed by atoms with Crippen LogP contribution in [-0.4, -0.2) is 41.9 Å². The van der Waals surface area contributed by atoms with Crippen molar-refractivity contribution < 1.29 is 9.90 Å². The monoisotopic (exact) mass is 225 g/mol. The normalized spacial score (nSPS) is 21.8. The number of hydrogen-bond acceptors (Lipinski definition) is 4. The first-order valence-corrected chi connectivity index (χ1v) is 5.31. The first-order valence-electron chi connectivity index (χ1n) is 5.31. The highest BCUT2D eigenvalue weighted by molar-refractivity contribution is 6.22. The highest BCUT2D eigenvalue weighted by atomic mass is 16.3. The number of nitrogens with zero attached hydrogens (tertiary/aromatic N) is 2. The van der Waals surface area contributed by atoms with Gasteiger partial charge in [0.1, 0.15) is 11.3 Å². The van der Waals surface area contributed by atoms with E-state index in [1.807, 2.05) is 13.8 Å². The molecule has 1 rings (SSSR count). The van der Waals surface area contributed by atoms with Crippen LogP contribution in [0.3, 0.4) is 0 Å². The molecule has 1 aliphatic heterocycles. The number of nitrogens with one attached hydrogen (secondary N) is 1. The number of carbonyl (C=O) groups excluding carboxylic acids is 1. The van der Waals surface area contributed by atoms with Gasteiger partial charge in [-0.1, -0.05) is 13.8 Å². The summed E-state index contributed by atoms with van der Waals surface area (Å²) in [4.78, 5) is 11.7. The zero-order valence-corrected chi connectivity index (χ0v) is 10.4. The molecule has 2 N–H and O–H groups in total. The molecule has 0 aromatic carbocycles. The fourth-order valence-electron chi connectivity index (χ4n) is 1.74. The molecule has 1 aliphatic rings. The Balaban J connectivity index is 3.07. The van der Waals surface area contributed by atoms with Crippen LogP contribution in [0.4, 0.5) is 0 Å². The van der Waals surface area contributed by atoms with Crippen molar-refractivity contribution >= 4 is 11.6 Å². The van der Waals surface area contributed by atoms with Crippen molar-refractivity contribution in [1.29, 1.82) is 0 Å². The Kier molecular flexibility index (Phi) is 3.57. The lowest BCUT2D eigenvalue weighted by atomic mass is 10.0. The molecule has 0 saturated heterocycles. The minimum absolute atomic E-state index is 0.100. The van der Waals surface area contributed by atoms with Crippen molar-refractivity contribution in [2.45, 2.75) is 26.8 Å². The third kappa shape index (κ3) is 2.35. The van der Waals surface area contributed by atoms with Crippen LogP contribution >= 0.6 is 0 Å². The summed E-state index contributed by atoms with van der Waals surface area (Å²) < 4.78 is 0. The Labute approximate surface area is 95.8 Å². The van der Waals surface area contributed by atoms with E-state index in [2.05, 4.69) is 10.4 Å². The lowest BCUT2D eigenvalue weighted by molar-refractivity contribution is -0.116. The fourth-order valence-corrected chi connectivity index (χ4v) is 1.74. The Morgan fingerprint density at radius 3 is 2.44 bits per heavy atom. The zero-order chi connectivity index (χ0) is 12.5. The summed E-state index contributed by atoms with van der Waals surface area (Å²) in [5, 5.41) is 18.4. The highest BCUT2D eigenvalue weighted by Crippen LogP contribution is 2.21. The average molecular weight is 225 g/mol.